The van der Waals surface area contributed by atoms with Crippen LogP contribution in [0.2, 0.25) is 0 Å². The molecule has 0 fully saturated rings. The Balaban J connectivity index is 1.68. The monoisotopic (exact) mass is 389 g/mol. The van der Waals surface area contributed by atoms with Crippen LogP contribution in [0.5, 0.6) is 5.75 Å². The van der Waals surface area contributed by atoms with Crippen LogP contribution >= 0.6 is 11.3 Å². The van der Waals surface area contributed by atoms with Crippen LogP contribution in [0.15, 0.2) is 65.7 Å². The Bertz CT molecular complexity index is 1200. The highest BCUT2D eigenvalue weighted by Crippen LogP contribution is 2.32. The van der Waals surface area contributed by atoms with Crippen molar-refractivity contribution in [2.75, 3.05) is 0 Å². The highest BCUT2D eigenvalue weighted by molar-refractivity contribution is 7.21. The van der Waals surface area contributed by atoms with Gasteiger partial charge in [0, 0.05) is 29.5 Å². The fourth-order valence-electron chi connectivity index (χ4n) is 2.85. The highest BCUT2D eigenvalue weighted by Gasteiger charge is 2.12. The summed E-state index contributed by atoms with van der Waals surface area (Å²) in [6.07, 6.45) is 1.44. The van der Waals surface area contributed by atoms with E-state index in [1.807, 2.05) is 48.5 Å². The molecule has 0 aliphatic heterocycles. The number of nitrogens with zero attached hydrogens (tertiary/aromatic N) is 3. The first kappa shape index (κ1) is 17.8. The number of aryl methyl sites for hydroxylation is 1. The molecule has 0 saturated carbocycles. The maximum atomic E-state index is 11.0. The van der Waals surface area contributed by atoms with Gasteiger partial charge in [-0.25, -0.2) is 4.98 Å². The topological polar surface area (TPSA) is 88.6 Å². The minimum Gasteiger partial charge on any atom is -0.507 e. The van der Waals surface area contributed by atoms with E-state index in [-0.39, 0.29) is 11.4 Å². The third kappa shape index (κ3) is 3.47. The zero-order valence-electron chi connectivity index (χ0n) is 14.9. The van der Waals surface area contributed by atoms with E-state index in [1.165, 1.54) is 18.3 Å². The van der Waals surface area contributed by atoms with E-state index in [1.54, 1.807) is 18.3 Å². The van der Waals surface area contributed by atoms with E-state index in [2.05, 4.69) is 9.98 Å². The summed E-state index contributed by atoms with van der Waals surface area (Å²) < 4.78 is 1.11. The van der Waals surface area contributed by atoms with Crippen molar-refractivity contribution >= 4 is 39.1 Å². The van der Waals surface area contributed by atoms with Gasteiger partial charge in [-0.05, 0) is 36.8 Å². The second-order valence-corrected chi connectivity index (χ2v) is 7.28. The van der Waals surface area contributed by atoms with Gasteiger partial charge < -0.3 is 5.11 Å². The van der Waals surface area contributed by atoms with Gasteiger partial charge in [0.05, 0.1) is 20.8 Å². The molecule has 3 aromatic carbocycles. The number of hydrogen-bond donors (Lipinski definition) is 1. The van der Waals surface area contributed by atoms with Crippen molar-refractivity contribution in [2.24, 2.45) is 4.99 Å². The molecule has 6 nitrogen and oxygen atoms in total. The molecule has 4 aromatic rings. The van der Waals surface area contributed by atoms with Crippen LogP contribution in [0.25, 0.3) is 20.8 Å². The Morgan fingerprint density at radius 3 is 2.75 bits per heavy atom. The summed E-state index contributed by atoms with van der Waals surface area (Å²) in [5.74, 6) is -0.0170. The lowest BCUT2D eigenvalue weighted by Gasteiger charge is -2.03. The third-order valence-corrected chi connectivity index (χ3v) is 5.35. The van der Waals surface area contributed by atoms with Gasteiger partial charge in [-0.3, -0.25) is 15.1 Å². The number of aromatic nitrogens is 1. The first-order valence-electron chi connectivity index (χ1n) is 8.49. The summed E-state index contributed by atoms with van der Waals surface area (Å²) >= 11 is 1.61. The number of rotatable bonds is 4. The minimum absolute atomic E-state index is 0.0170. The van der Waals surface area contributed by atoms with Crippen molar-refractivity contribution < 1.29 is 10.0 Å². The van der Waals surface area contributed by atoms with Gasteiger partial charge in [0.1, 0.15) is 10.8 Å². The molecule has 138 valence electrons. The van der Waals surface area contributed by atoms with Gasteiger partial charge in [-0.1, -0.05) is 24.3 Å². The number of fused-ring (bicyclic) bond motifs is 1. The number of phenols is 1. The van der Waals surface area contributed by atoms with Crippen molar-refractivity contribution in [1.29, 1.82) is 0 Å². The van der Waals surface area contributed by atoms with Gasteiger partial charge in [-0.2, -0.15) is 0 Å². The summed E-state index contributed by atoms with van der Waals surface area (Å²) in [6.45, 7) is 1.62. The smallest absolute Gasteiger partial charge is 0.270 e. The third-order valence-electron chi connectivity index (χ3n) is 4.27. The quantitative estimate of drug-likeness (QED) is 0.278. The molecule has 0 aliphatic carbocycles. The summed E-state index contributed by atoms with van der Waals surface area (Å²) in [5.41, 5.74) is 3.21. The number of non-ortho nitro benzene ring substituents is 1. The lowest BCUT2D eigenvalue weighted by molar-refractivity contribution is -0.384. The molecule has 0 aliphatic rings. The SMILES string of the molecule is Cc1cc([N+](=O)[O-])cc(C=Nc2cccc(-c3nc4ccccc4s3)c2)c1O. The number of benzene rings is 3. The molecule has 0 unspecified atom stereocenters. The lowest BCUT2D eigenvalue weighted by Crippen LogP contribution is -1.93. The van der Waals surface area contributed by atoms with Crippen molar-refractivity contribution in [2.45, 2.75) is 6.92 Å². The summed E-state index contributed by atoms with van der Waals surface area (Å²) in [7, 11) is 0. The molecule has 1 N–H and O–H groups in total. The Morgan fingerprint density at radius 2 is 1.96 bits per heavy atom. The number of para-hydroxylation sites is 1. The van der Waals surface area contributed by atoms with Gasteiger partial charge in [-0.15, -0.1) is 11.3 Å². The zero-order chi connectivity index (χ0) is 19.7. The fourth-order valence-corrected chi connectivity index (χ4v) is 3.81. The van der Waals surface area contributed by atoms with Crippen molar-refractivity contribution in [1.82, 2.24) is 4.98 Å². The maximum absolute atomic E-state index is 11.0. The van der Waals surface area contributed by atoms with E-state index < -0.39 is 4.92 Å². The number of thiazole rings is 1. The van der Waals surface area contributed by atoms with Gasteiger partial charge in [0.2, 0.25) is 0 Å². The Morgan fingerprint density at radius 1 is 1.14 bits per heavy atom. The van der Waals surface area contributed by atoms with Crippen LogP contribution in [0.4, 0.5) is 11.4 Å². The summed E-state index contributed by atoms with van der Waals surface area (Å²) in [5, 5.41) is 22.1. The number of hydrogen-bond acceptors (Lipinski definition) is 6. The lowest BCUT2D eigenvalue weighted by atomic mass is 10.1. The molecule has 0 spiro atoms. The van der Waals surface area contributed by atoms with Gasteiger partial charge in [0.15, 0.2) is 0 Å². The normalized spacial score (nSPS) is 11.3. The average Bonchev–Trinajstić information content (AvgIpc) is 3.13. The van der Waals surface area contributed by atoms with Crippen LogP contribution in [-0.4, -0.2) is 21.2 Å². The number of aliphatic imine (C=N–C) groups is 1. The average molecular weight is 389 g/mol. The molecule has 1 heterocycles. The molecule has 4 rings (SSSR count). The van der Waals surface area contributed by atoms with Crippen molar-refractivity contribution in [3.8, 4) is 16.3 Å². The summed E-state index contributed by atoms with van der Waals surface area (Å²) in [6, 6.07) is 18.2. The van der Waals surface area contributed by atoms with E-state index >= 15 is 0 Å². The Hall–Kier alpha value is -3.58. The molecular formula is C21H15N3O3S. The molecule has 7 heteroatoms. The van der Waals surface area contributed by atoms with Crippen LogP contribution in [0.3, 0.4) is 0 Å². The molecule has 0 amide bonds. The molecule has 0 saturated heterocycles. The Labute approximate surface area is 164 Å². The zero-order valence-corrected chi connectivity index (χ0v) is 15.7. The fraction of sp³-hybridized carbons (Fsp3) is 0.0476. The number of nitro groups is 1. The number of nitro benzene ring substituents is 1. The standard InChI is InChI=1S/C21H15N3O3S/c1-13-9-17(24(26)27)11-15(20(13)25)12-22-16-6-4-5-14(10-16)21-23-18-7-2-3-8-19(18)28-21/h2-12,25H,1H3. The summed E-state index contributed by atoms with van der Waals surface area (Å²) in [4.78, 5) is 19.6. The highest BCUT2D eigenvalue weighted by atomic mass is 32.1. The first-order chi connectivity index (χ1) is 13.5. The first-order valence-corrected chi connectivity index (χ1v) is 9.31. The molecule has 1 aromatic heterocycles. The van der Waals surface area contributed by atoms with Crippen molar-refractivity contribution in [3.63, 3.8) is 0 Å². The van der Waals surface area contributed by atoms with Crippen LogP contribution in [0, 0.1) is 17.0 Å². The number of phenolic OH excluding ortho intramolecular Hbond substituents is 1. The number of aromatic hydroxyl groups is 1. The van der Waals surface area contributed by atoms with E-state index in [4.69, 9.17) is 0 Å². The molecular weight excluding hydrogens is 374 g/mol. The molecule has 0 bridgehead atoms. The maximum Gasteiger partial charge on any atom is 0.270 e. The minimum atomic E-state index is -0.489. The van der Waals surface area contributed by atoms with Crippen molar-refractivity contribution in [3.05, 3.63) is 81.9 Å². The van der Waals surface area contributed by atoms with Crippen LogP contribution in [-0.2, 0) is 0 Å². The molecule has 0 atom stereocenters. The van der Waals surface area contributed by atoms with E-state index in [9.17, 15) is 15.2 Å². The van der Waals surface area contributed by atoms with Gasteiger partial charge in [0.25, 0.3) is 5.69 Å². The van der Waals surface area contributed by atoms with Gasteiger partial charge >= 0.3 is 0 Å². The van der Waals surface area contributed by atoms with Crippen LogP contribution in [0.1, 0.15) is 11.1 Å². The molecule has 28 heavy (non-hydrogen) atoms. The predicted octanol–water partition coefficient (Wildman–Crippen LogP) is 5.64. The largest absolute Gasteiger partial charge is 0.507 e. The van der Waals surface area contributed by atoms with Crippen LogP contribution < -0.4 is 0 Å². The second kappa shape index (κ2) is 7.21. The Kier molecular flexibility index (Phi) is 4.58. The van der Waals surface area contributed by atoms with E-state index in [0.717, 1.165) is 20.8 Å². The van der Waals surface area contributed by atoms with E-state index in [0.29, 0.717) is 16.8 Å². The predicted molar refractivity (Wildman–Crippen MR) is 112 cm³/mol. The second-order valence-electron chi connectivity index (χ2n) is 6.25. The molecule has 0 radical (unpaired) electrons.